The number of rotatable bonds is 5. The average Bonchev–Trinajstić information content (AvgIpc) is 2.84. The number of aliphatic hydroxyl groups excluding tert-OH is 1. The minimum absolute atomic E-state index is 0.00367. The van der Waals surface area contributed by atoms with Crippen molar-refractivity contribution in [2.45, 2.75) is 49.8 Å². The van der Waals surface area contributed by atoms with Crippen LogP contribution in [0.5, 0.6) is 0 Å². The minimum atomic E-state index is -0.875. The third-order valence-corrected chi connectivity index (χ3v) is 5.16. The third-order valence-electron chi connectivity index (χ3n) is 5.16. The molecule has 8 heteroatoms. The predicted octanol–water partition coefficient (Wildman–Crippen LogP) is 1.76. The molecular formula is C18H26N2O6. The zero-order valence-corrected chi connectivity index (χ0v) is 15.1. The number of piperidine rings is 1. The Labute approximate surface area is 152 Å². The van der Waals surface area contributed by atoms with Crippen molar-refractivity contribution in [2.24, 2.45) is 0 Å². The summed E-state index contributed by atoms with van der Waals surface area (Å²) >= 11 is 0. The van der Waals surface area contributed by atoms with Crippen LogP contribution >= 0.6 is 0 Å². The van der Waals surface area contributed by atoms with Crippen LogP contribution in [0.2, 0.25) is 0 Å². The van der Waals surface area contributed by atoms with Gasteiger partial charge in [0.2, 0.25) is 0 Å². The van der Waals surface area contributed by atoms with Crippen molar-refractivity contribution >= 4 is 5.97 Å². The van der Waals surface area contributed by atoms with E-state index in [-0.39, 0.29) is 18.7 Å². The van der Waals surface area contributed by atoms with Crippen molar-refractivity contribution in [2.75, 3.05) is 20.8 Å². The second kappa shape index (κ2) is 9.49. The van der Waals surface area contributed by atoms with E-state index in [4.69, 9.17) is 14.9 Å². The van der Waals surface area contributed by atoms with Crippen LogP contribution in [0.3, 0.4) is 0 Å². The highest BCUT2D eigenvalue weighted by molar-refractivity contribution is 5.78. The Kier molecular flexibility index (Phi) is 7.35. The fourth-order valence-electron chi connectivity index (χ4n) is 3.71. The molecule has 2 bridgehead atoms. The fraction of sp³-hybridized carbons (Fsp3) is 0.611. The van der Waals surface area contributed by atoms with E-state index < -0.39 is 11.0 Å². The second-order valence-electron chi connectivity index (χ2n) is 6.63. The van der Waals surface area contributed by atoms with E-state index in [1.54, 1.807) is 0 Å². The molecule has 0 saturated carbocycles. The second-order valence-corrected chi connectivity index (χ2v) is 6.63. The Hall–Kier alpha value is -2.19. The first-order chi connectivity index (χ1) is 12.5. The first kappa shape index (κ1) is 20.1. The maximum Gasteiger partial charge on any atom is 0.316 e. The van der Waals surface area contributed by atoms with E-state index in [1.807, 2.05) is 30.3 Å². The standard InChI is InChI=1S/C17H23NO3.CH3NO3/c1-18-13-7-8-14(18)10-15(9-13)21-17(20)16(11-19)12-5-3-2-4-6-12;1-5-2(3)4/h2-6,13-16,19H,7-11H2,1H3;1H3/t13-,14+,15+,16?;. The van der Waals surface area contributed by atoms with Crippen LogP contribution in [0.4, 0.5) is 0 Å². The monoisotopic (exact) mass is 366 g/mol. The summed E-state index contributed by atoms with van der Waals surface area (Å²) in [5, 5.41) is 17.6. The predicted molar refractivity (Wildman–Crippen MR) is 94.0 cm³/mol. The molecule has 0 aromatic heterocycles. The largest absolute Gasteiger partial charge is 0.462 e. The summed E-state index contributed by atoms with van der Waals surface area (Å²) < 4.78 is 5.70. The number of aliphatic hydroxyl groups is 1. The van der Waals surface area contributed by atoms with Gasteiger partial charge in [-0.15, -0.1) is 10.1 Å². The minimum Gasteiger partial charge on any atom is -0.462 e. The van der Waals surface area contributed by atoms with Crippen LogP contribution in [0.25, 0.3) is 0 Å². The molecule has 0 radical (unpaired) electrons. The first-order valence-corrected chi connectivity index (χ1v) is 8.73. The van der Waals surface area contributed by atoms with Gasteiger partial charge in [0.05, 0.1) is 13.7 Å². The van der Waals surface area contributed by atoms with Gasteiger partial charge in [0.25, 0.3) is 5.09 Å². The summed E-state index contributed by atoms with van der Waals surface area (Å²) in [5.41, 5.74) is 0.820. The lowest BCUT2D eigenvalue weighted by atomic mass is 9.98. The summed E-state index contributed by atoms with van der Waals surface area (Å²) in [5.74, 6) is -0.860. The maximum atomic E-state index is 12.4. The van der Waals surface area contributed by atoms with Crippen LogP contribution in [-0.2, 0) is 14.4 Å². The van der Waals surface area contributed by atoms with Gasteiger partial charge in [-0.1, -0.05) is 30.3 Å². The van der Waals surface area contributed by atoms with Gasteiger partial charge in [0, 0.05) is 12.1 Å². The molecule has 26 heavy (non-hydrogen) atoms. The van der Waals surface area contributed by atoms with Gasteiger partial charge in [-0.2, -0.15) is 0 Å². The molecule has 2 aliphatic heterocycles. The molecule has 1 N–H and O–H groups in total. The zero-order valence-electron chi connectivity index (χ0n) is 15.1. The quantitative estimate of drug-likeness (QED) is 0.481. The molecule has 144 valence electrons. The Bertz CT molecular complexity index is 583. The first-order valence-electron chi connectivity index (χ1n) is 8.73. The molecule has 2 saturated heterocycles. The SMILES string of the molecule is CN1[C@@H]2CC[C@H]1C[C@@H](OC(=O)C(CO)c1ccccc1)C2.CO[N+](=O)[O-]. The van der Waals surface area contributed by atoms with Crippen LogP contribution in [-0.4, -0.2) is 60.0 Å². The Morgan fingerprint density at radius 1 is 1.31 bits per heavy atom. The zero-order chi connectivity index (χ0) is 19.1. The molecule has 1 aromatic rings. The lowest BCUT2D eigenvalue weighted by Crippen LogP contribution is -2.43. The van der Waals surface area contributed by atoms with Crippen LogP contribution in [0.15, 0.2) is 30.3 Å². The molecule has 2 fully saturated rings. The van der Waals surface area contributed by atoms with Gasteiger partial charge in [0.1, 0.15) is 12.0 Å². The highest BCUT2D eigenvalue weighted by atomic mass is 16.9. The van der Waals surface area contributed by atoms with E-state index >= 15 is 0 Å². The molecule has 0 amide bonds. The maximum absolute atomic E-state index is 12.4. The smallest absolute Gasteiger partial charge is 0.316 e. The number of carbonyl (C=O) groups excluding carboxylic acids is 1. The summed E-state index contributed by atoms with van der Waals surface area (Å²) in [6.45, 7) is -0.206. The molecular weight excluding hydrogens is 340 g/mol. The topological polar surface area (TPSA) is 102 Å². The van der Waals surface area contributed by atoms with Gasteiger partial charge in [0.15, 0.2) is 0 Å². The van der Waals surface area contributed by atoms with Crippen LogP contribution in [0, 0.1) is 10.1 Å². The molecule has 3 rings (SSSR count). The number of fused-ring (bicyclic) bond motifs is 2. The number of esters is 1. The highest BCUT2D eigenvalue weighted by Gasteiger charge is 2.40. The van der Waals surface area contributed by atoms with Crippen molar-refractivity contribution in [1.29, 1.82) is 0 Å². The molecule has 1 unspecified atom stereocenters. The summed E-state index contributed by atoms with van der Waals surface area (Å²) in [6.07, 6.45) is 4.26. The third kappa shape index (κ3) is 5.15. The van der Waals surface area contributed by atoms with Crippen LogP contribution < -0.4 is 0 Å². The van der Waals surface area contributed by atoms with Crippen molar-refractivity contribution in [3.05, 3.63) is 46.0 Å². The number of carbonyl (C=O) groups is 1. The highest BCUT2D eigenvalue weighted by Crippen LogP contribution is 2.36. The molecule has 1 aromatic carbocycles. The molecule has 2 heterocycles. The summed E-state index contributed by atoms with van der Waals surface area (Å²) in [7, 11) is 3.17. The van der Waals surface area contributed by atoms with Gasteiger partial charge in [-0.25, -0.2) is 0 Å². The number of hydrogen-bond donors (Lipinski definition) is 1. The lowest BCUT2D eigenvalue weighted by Gasteiger charge is -2.36. The van der Waals surface area contributed by atoms with Crippen molar-refractivity contribution in [3.8, 4) is 0 Å². The van der Waals surface area contributed by atoms with E-state index in [0.717, 1.165) is 25.5 Å². The normalized spacial score (nSPS) is 25.6. The van der Waals surface area contributed by atoms with Gasteiger partial charge >= 0.3 is 5.97 Å². The molecule has 4 atom stereocenters. The Morgan fingerprint density at radius 3 is 2.31 bits per heavy atom. The van der Waals surface area contributed by atoms with Gasteiger partial charge < -0.3 is 19.6 Å². The van der Waals surface area contributed by atoms with Crippen molar-refractivity contribution in [1.82, 2.24) is 4.90 Å². The molecule has 0 spiro atoms. The fourth-order valence-corrected chi connectivity index (χ4v) is 3.71. The molecule has 2 aliphatic rings. The summed E-state index contributed by atoms with van der Waals surface area (Å²) in [6, 6.07) is 10.5. The van der Waals surface area contributed by atoms with E-state index in [9.17, 15) is 9.90 Å². The van der Waals surface area contributed by atoms with E-state index in [0.29, 0.717) is 12.1 Å². The average molecular weight is 366 g/mol. The Morgan fingerprint density at radius 2 is 1.85 bits per heavy atom. The van der Waals surface area contributed by atoms with Crippen LogP contribution in [0.1, 0.15) is 37.2 Å². The lowest BCUT2D eigenvalue weighted by molar-refractivity contribution is -0.749. The molecule has 8 nitrogen and oxygen atoms in total. The van der Waals surface area contributed by atoms with Crippen molar-refractivity contribution in [3.63, 3.8) is 0 Å². The van der Waals surface area contributed by atoms with E-state index in [1.165, 1.54) is 12.8 Å². The number of nitrogens with zero attached hydrogens (tertiary/aromatic N) is 2. The van der Waals surface area contributed by atoms with Crippen molar-refractivity contribution < 1.29 is 24.6 Å². The number of hydrogen-bond acceptors (Lipinski definition) is 7. The molecule has 0 aliphatic carbocycles. The van der Waals surface area contributed by atoms with Gasteiger partial charge in [-0.3, -0.25) is 4.79 Å². The summed E-state index contributed by atoms with van der Waals surface area (Å²) in [4.78, 5) is 27.2. The Balaban J connectivity index is 0.000000431. The van der Waals surface area contributed by atoms with E-state index in [2.05, 4.69) is 16.8 Å². The number of benzene rings is 1. The van der Waals surface area contributed by atoms with Gasteiger partial charge in [-0.05, 0) is 38.3 Å². The number of ether oxygens (including phenoxy) is 1.